The van der Waals surface area contributed by atoms with Gasteiger partial charge in [0.15, 0.2) is 0 Å². The maximum absolute atomic E-state index is 11.3. The van der Waals surface area contributed by atoms with Gasteiger partial charge in [-0.15, -0.1) is 9.24 Å². The van der Waals surface area contributed by atoms with E-state index in [1.807, 2.05) is 0 Å². The van der Waals surface area contributed by atoms with E-state index in [-0.39, 0.29) is 18.2 Å². The highest BCUT2D eigenvalue weighted by molar-refractivity contribution is 7.27. The van der Waals surface area contributed by atoms with Crippen LogP contribution in [0.4, 0.5) is 0 Å². The van der Waals surface area contributed by atoms with Crippen molar-refractivity contribution in [1.29, 1.82) is 0 Å². The average molecular weight is 194 g/mol. The first kappa shape index (κ1) is 8.32. The van der Waals surface area contributed by atoms with E-state index in [0.717, 1.165) is 5.30 Å². The first-order valence-corrected chi connectivity index (χ1v) is 4.33. The fraction of sp³-hybridized carbons (Fsp3) is 0.125. The molecule has 1 unspecified atom stereocenters. The molecule has 0 fully saturated rings. The molecule has 66 valence electrons. The third kappa shape index (κ3) is 1.33. The molecule has 0 spiro atoms. The van der Waals surface area contributed by atoms with E-state index in [9.17, 15) is 9.59 Å². The number of hydrogen-bond donors (Lipinski definition) is 1. The zero-order valence-electron chi connectivity index (χ0n) is 6.70. The van der Waals surface area contributed by atoms with Crippen LogP contribution in [0.3, 0.4) is 0 Å². The van der Waals surface area contributed by atoms with Gasteiger partial charge in [-0.25, -0.2) is 0 Å². The largest absolute Gasteiger partial charge is 0.292 e. The Bertz CT molecular complexity index is 403. The smallest absolute Gasteiger partial charge is 0.258 e. The summed E-state index contributed by atoms with van der Waals surface area (Å²) in [6, 6.07) is 0. The van der Waals surface area contributed by atoms with Crippen molar-refractivity contribution < 1.29 is 9.59 Å². The van der Waals surface area contributed by atoms with E-state index >= 15 is 0 Å². The van der Waals surface area contributed by atoms with Gasteiger partial charge in [0.2, 0.25) is 5.91 Å². The molecule has 1 aromatic rings. The Morgan fingerprint density at radius 1 is 1.38 bits per heavy atom. The summed E-state index contributed by atoms with van der Waals surface area (Å²) in [7, 11) is 2.43. The summed E-state index contributed by atoms with van der Waals surface area (Å²) in [5.41, 5.74) is 1.25. The van der Waals surface area contributed by atoms with Crippen molar-refractivity contribution in [1.82, 2.24) is 10.3 Å². The van der Waals surface area contributed by atoms with Gasteiger partial charge < -0.3 is 0 Å². The number of amides is 2. The molecule has 4 nitrogen and oxygen atoms in total. The summed E-state index contributed by atoms with van der Waals surface area (Å²) in [6.45, 7) is 0. The second kappa shape index (κ2) is 2.89. The molecular weight excluding hydrogens is 187 g/mol. The zero-order valence-corrected chi connectivity index (χ0v) is 7.86. The molecule has 1 N–H and O–H groups in total. The van der Waals surface area contributed by atoms with Gasteiger partial charge in [-0.05, 0) is 5.56 Å². The van der Waals surface area contributed by atoms with Crippen LogP contribution in [0, 0.1) is 0 Å². The molecule has 1 aliphatic rings. The molecule has 1 aromatic heterocycles. The molecule has 0 aliphatic carbocycles. The fourth-order valence-electron chi connectivity index (χ4n) is 1.34. The standard InChI is InChI=1S/C8H7N2O2P/c11-6-1-4-2-9-3-5(13)7(4)8(12)10-6/h2-3H,1,13H2,(H,10,11,12). The van der Waals surface area contributed by atoms with Crippen molar-refractivity contribution in [3.63, 3.8) is 0 Å². The van der Waals surface area contributed by atoms with Crippen LogP contribution in [0.2, 0.25) is 0 Å². The molecule has 0 aromatic carbocycles. The first-order valence-electron chi connectivity index (χ1n) is 3.75. The zero-order chi connectivity index (χ0) is 9.42. The van der Waals surface area contributed by atoms with Gasteiger partial charge in [-0.2, -0.15) is 0 Å². The number of pyridine rings is 1. The number of carbonyl (C=O) groups excluding carboxylic acids is 2. The number of hydrogen-bond acceptors (Lipinski definition) is 3. The summed E-state index contributed by atoms with van der Waals surface area (Å²) in [5.74, 6) is -0.603. The van der Waals surface area contributed by atoms with Crippen molar-refractivity contribution in [2.75, 3.05) is 0 Å². The molecule has 2 rings (SSSR count). The summed E-state index contributed by atoms with van der Waals surface area (Å²) in [6.07, 6.45) is 3.37. The minimum Gasteiger partial charge on any atom is -0.292 e. The van der Waals surface area contributed by atoms with Gasteiger partial charge in [-0.1, -0.05) is 0 Å². The summed E-state index contributed by atoms with van der Waals surface area (Å²) >= 11 is 0. The Labute approximate surface area is 76.9 Å². The third-order valence-corrected chi connectivity index (χ3v) is 2.32. The number of nitrogens with one attached hydrogen (secondary N) is 1. The SMILES string of the molecule is O=C1Cc2cncc(P)c2C(=O)N1. The number of nitrogens with zero attached hydrogens (tertiary/aromatic N) is 1. The third-order valence-electron chi connectivity index (χ3n) is 1.88. The minimum absolute atomic E-state index is 0.232. The Morgan fingerprint density at radius 3 is 2.92 bits per heavy atom. The number of rotatable bonds is 0. The van der Waals surface area contributed by atoms with Gasteiger partial charge in [0.25, 0.3) is 5.91 Å². The molecule has 1 aliphatic heterocycles. The van der Waals surface area contributed by atoms with Crippen LogP contribution in [-0.2, 0) is 11.2 Å². The van der Waals surface area contributed by atoms with Gasteiger partial charge >= 0.3 is 0 Å². The maximum Gasteiger partial charge on any atom is 0.258 e. The molecule has 0 saturated carbocycles. The Kier molecular flexibility index (Phi) is 1.85. The molecular formula is C8H7N2O2P. The molecule has 5 heteroatoms. The van der Waals surface area contributed by atoms with Crippen molar-refractivity contribution in [2.45, 2.75) is 6.42 Å². The average Bonchev–Trinajstić information content (AvgIpc) is 2.02. The highest BCUT2D eigenvalue weighted by Crippen LogP contribution is 2.12. The molecule has 2 amide bonds. The molecule has 2 heterocycles. The highest BCUT2D eigenvalue weighted by atomic mass is 31.0. The summed E-state index contributed by atoms with van der Waals surface area (Å²) < 4.78 is 0. The van der Waals surface area contributed by atoms with Crippen LogP contribution in [0.1, 0.15) is 15.9 Å². The Hall–Kier alpha value is -1.28. The van der Waals surface area contributed by atoms with Crippen LogP contribution < -0.4 is 10.6 Å². The highest BCUT2D eigenvalue weighted by Gasteiger charge is 2.23. The summed E-state index contributed by atoms with van der Waals surface area (Å²) in [5, 5.41) is 2.98. The lowest BCUT2D eigenvalue weighted by Crippen LogP contribution is -2.39. The van der Waals surface area contributed by atoms with E-state index in [1.165, 1.54) is 0 Å². The van der Waals surface area contributed by atoms with Gasteiger partial charge in [0.1, 0.15) is 0 Å². The monoisotopic (exact) mass is 194 g/mol. The normalized spacial score (nSPS) is 15.2. The van der Waals surface area contributed by atoms with E-state index in [2.05, 4.69) is 19.5 Å². The molecule has 0 bridgehead atoms. The lowest BCUT2D eigenvalue weighted by atomic mass is 10.0. The van der Waals surface area contributed by atoms with Gasteiger partial charge in [0.05, 0.1) is 12.0 Å². The second-order valence-electron chi connectivity index (χ2n) is 2.82. The molecule has 1 atom stereocenters. The molecule has 0 saturated heterocycles. The summed E-state index contributed by atoms with van der Waals surface area (Å²) in [4.78, 5) is 26.2. The Morgan fingerprint density at radius 2 is 2.15 bits per heavy atom. The van der Waals surface area contributed by atoms with Crippen LogP contribution in [-0.4, -0.2) is 16.8 Å². The van der Waals surface area contributed by atoms with E-state index in [4.69, 9.17) is 0 Å². The lowest BCUT2D eigenvalue weighted by Gasteiger charge is -2.15. The Balaban J connectivity index is 2.61. The maximum atomic E-state index is 11.3. The van der Waals surface area contributed by atoms with Crippen LogP contribution >= 0.6 is 9.24 Å². The number of imide groups is 1. The number of aromatic nitrogens is 1. The molecule has 13 heavy (non-hydrogen) atoms. The van der Waals surface area contributed by atoms with Crippen LogP contribution in [0.5, 0.6) is 0 Å². The van der Waals surface area contributed by atoms with Crippen molar-refractivity contribution in [3.05, 3.63) is 23.5 Å². The number of carbonyl (C=O) groups is 2. The quantitative estimate of drug-likeness (QED) is 0.443. The predicted octanol–water partition coefficient (Wildman–Crippen LogP) is -0.606. The van der Waals surface area contributed by atoms with E-state index in [1.54, 1.807) is 12.4 Å². The predicted molar refractivity (Wildman–Crippen MR) is 49.8 cm³/mol. The van der Waals surface area contributed by atoms with Gasteiger partial charge in [-0.3, -0.25) is 19.9 Å². The van der Waals surface area contributed by atoms with E-state index in [0.29, 0.717) is 11.1 Å². The van der Waals surface area contributed by atoms with E-state index < -0.39 is 0 Å². The lowest BCUT2D eigenvalue weighted by molar-refractivity contribution is -0.119. The number of fused-ring (bicyclic) bond motifs is 1. The topological polar surface area (TPSA) is 59.1 Å². The molecule has 0 radical (unpaired) electrons. The fourth-order valence-corrected chi connectivity index (χ4v) is 1.74. The van der Waals surface area contributed by atoms with Crippen molar-refractivity contribution in [2.24, 2.45) is 0 Å². The first-order chi connectivity index (χ1) is 6.18. The second-order valence-corrected chi connectivity index (χ2v) is 3.44. The van der Waals surface area contributed by atoms with Crippen molar-refractivity contribution in [3.8, 4) is 0 Å². The van der Waals surface area contributed by atoms with Crippen LogP contribution in [0.25, 0.3) is 0 Å². The van der Waals surface area contributed by atoms with Gasteiger partial charge in [0, 0.05) is 17.7 Å². The van der Waals surface area contributed by atoms with Crippen LogP contribution in [0.15, 0.2) is 12.4 Å². The minimum atomic E-state index is -0.335. The van der Waals surface area contributed by atoms with Crippen molar-refractivity contribution >= 4 is 26.4 Å².